The molecule has 2 unspecified atom stereocenters. The predicted octanol–water partition coefficient (Wildman–Crippen LogP) is 4.19. The van der Waals surface area contributed by atoms with Gasteiger partial charge >= 0.3 is 0 Å². The van der Waals surface area contributed by atoms with Crippen molar-refractivity contribution in [1.29, 1.82) is 0 Å². The minimum absolute atomic E-state index is 0.0186. The maximum absolute atomic E-state index is 11.8. The summed E-state index contributed by atoms with van der Waals surface area (Å²) in [5, 5.41) is 6.16. The van der Waals surface area contributed by atoms with E-state index in [-0.39, 0.29) is 5.91 Å². The standard InChI is InChI=1S/C17H25BrN2O/c1-13-4-2-5-14(10-13)8-9-19-12-17(21)20-16-7-3-6-15(18)11-16/h3,6-7,11,13-14,19H,2,4-5,8-10,12H2,1H3,(H,20,21). The number of benzene rings is 1. The molecule has 0 aromatic heterocycles. The summed E-state index contributed by atoms with van der Waals surface area (Å²) in [4.78, 5) is 11.8. The Kier molecular flexibility index (Phi) is 6.71. The van der Waals surface area contributed by atoms with Crippen molar-refractivity contribution in [2.24, 2.45) is 11.8 Å². The first-order valence-electron chi connectivity index (χ1n) is 7.89. The van der Waals surface area contributed by atoms with E-state index < -0.39 is 0 Å². The number of nitrogens with one attached hydrogen (secondary N) is 2. The number of halogens is 1. The SMILES string of the molecule is CC1CCCC(CCNCC(=O)Nc2cccc(Br)c2)C1. The number of carbonyl (C=O) groups is 1. The molecule has 2 N–H and O–H groups in total. The molecule has 4 heteroatoms. The van der Waals surface area contributed by atoms with Crippen LogP contribution in [0.5, 0.6) is 0 Å². The molecule has 0 heterocycles. The van der Waals surface area contributed by atoms with Gasteiger partial charge in [-0.2, -0.15) is 0 Å². The maximum Gasteiger partial charge on any atom is 0.238 e. The van der Waals surface area contributed by atoms with Gasteiger partial charge < -0.3 is 10.6 Å². The molecule has 1 aromatic carbocycles. The molecule has 0 radical (unpaired) electrons. The average Bonchev–Trinajstić information content (AvgIpc) is 2.44. The van der Waals surface area contributed by atoms with Crippen LogP contribution in [0.15, 0.2) is 28.7 Å². The minimum Gasteiger partial charge on any atom is -0.325 e. The van der Waals surface area contributed by atoms with Crippen LogP contribution >= 0.6 is 15.9 Å². The van der Waals surface area contributed by atoms with E-state index in [0.29, 0.717) is 6.54 Å². The van der Waals surface area contributed by atoms with Crippen molar-refractivity contribution in [3.05, 3.63) is 28.7 Å². The van der Waals surface area contributed by atoms with Crippen molar-refractivity contribution in [2.75, 3.05) is 18.4 Å². The zero-order chi connectivity index (χ0) is 15.1. The Morgan fingerprint density at radius 3 is 3.00 bits per heavy atom. The Morgan fingerprint density at radius 2 is 2.24 bits per heavy atom. The third-order valence-corrected chi connectivity index (χ3v) is 4.66. The number of hydrogen-bond donors (Lipinski definition) is 2. The van der Waals surface area contributed by atoms with Gasteiger partial charge in [0.15, 0.2) is 0 Å². The molecule has 0 spiro atoms. The van der Waals surface area contributed by atoms with Crippen molar-refractivity contribution in [3.8, 4) is 0 Å². The van der Waals surface area contributed by atoms with E-state index in [1.165, 1.54) is 32.1 Å². The lowest BCUT2D eigenvalue weighted by Gasteiger charge is -2.26. The molecule has 2 atom stereocenters. The second kappa shape index (κ2) is 8.54. The third kappa shape index (κ3) is 6.18. The lowest BCUT2D eigenvalue weighted by molar-refractivity contribution is -0.115. The van der Waals surface area contributed by atoms with Crippen LogP contribution in [0.1, 0.15) is 39.0 Å². The van der Waals surface area contributed by atoms with Gasteiger partial charge in [-0.15, -0.1) is 0 Å². The lowest BCUT2D eigenvalue weighted by atomic mass is 9.81. The van der Waals surface area contributed by atoms with Gasteiger partial charge in [0.05, 0.1) is 6.54 Å². The Labute approximate surface area is 136 Å². The molecule has 0 bridgehead atoms. The number of anilines is 1. The first-order chi connectivity index (χ1) is 10.1. The molecule has 0 aliphatic heterocycles. The molecule has 3 nitrogen and oxygen atoms in total. The molecule has 2 rings (SSSR count). The van der Waals surface area contributed by atoms with Gasteiger partial charge in [0.2, 0.25) is 5.91 Å². The highest BCUT2D eigenvalue weighted by atomic mass is 79.9. The van der Waals surface area contributed by atoms with Crippen molar-refractivity contribution in [3.63, 3.8) is 0 Å². The van der Waals surface area contributed by atoms with Crippen LogP contribution in [0, 0.1) is 11.8 Å². The lowest BCUT2D eigenvalue weighted by Crippen LogP contribution is -2.30. The Morgan fingerprint density at radius 1 is 1.38 bits per heavy atom. The summed E-state index contributed by atoms with van der Waals surface area (Å²) in [6, 6.07) is 7.66. The number of hydrogen-bond acceptors (Lipinski definition) is 2. The van der Waals surface area contributed by atoms with Crippen LogP contribution in [-0.2, 0) is 4.79 Å². The number of rotatable bonds is 6. The molecular weight excluding hydrogens is 328 g/mol. The van der Waals surface area contributed by atoms with Gasteiger partial charge in [0, 0.05) is 10.2 Å². The van der Waals surface area contributed by atoms with E-state index >= 15 is 0 Å². The fourth-order valence-electron chi connectivity index (χ4n) is 3.10. The van der Waals surface area contributed by atoms with Gasteiger partial charge in [-0.1, -0.05) is 48.2 Å². The largest absolute Gasteiger partial charge is 0.325 e. The molecule has 1 aromatic rings. The second-order valence-corrected chi connectivity index (χ2v) is 7.08. The van der Waals surface area contributed by atoms with Gasteiger partial charge in [0.25, 0.3) is 0 Å². The fourth-order valence-corrected chi connectivity index (χ4v) is 3.50. The number of carbonyl (C=O) groups excluding carboxylic acids is 1. The van der Waals surface area contributed by atoms with Crippen LogP contribution < -0.4 is 10.6 Å². The van der Waals surface area contributed by atoms with Crippen LogP contribution in [0.4, 0.5) is 5.69 Å². The highest BCUT2D eigenvalue weighted by molar-refractivity contribution is 9.10. The molecule has 1 fully saturated rings. The maximum atomic E-state index is 11.8. The van der Waals surface area contributed by atoms with Gasteiger partial charge in [0.1, 0.15) is 0 Å². The van der Waals surface area contributed by atoms with E-state index in [1.807, 2.05) is 24.3 Å². The summed E-state index contributed by atoms with van der Waals surface area (Å²) in [5.41, 5.74) is 0.831. The van der Waals surface area contributed by atoms with Crippen molar-refractivity contribution in [1.82, 2.24) is 5.32 Å². The van der Waals surface area contributed by atoms with Crippen molar-refractivity contribution in [2.45, 2.75) is 39.0 Å². The summed E-state index contributed by atoms with van der Waals surface area (Å²) < 4.78 is 0.972. The first kappa shape index (κ1) is 16.5. The molecule has 1 saturated carbocycles. The summed E-state index contributed by atoms with van der Waals surface area (Å²) in [6.45, 7) is 3.67. The zero-order valence-corrected chi connectivity index (χ0v) is 14.3. The van der Waals surface area contributed by atoms with Gasteiger partial charge in [-0.05, 0) is 49.4 Å². The highest BCUT2D eigenvalue weighted by Gasteiger charge is 2.18. The second-order valence-electron chi connectivity index (χ2n) is 6.16. The summed E-state index contributed by atoms with van der Waals surface area (Å²) in [6.07, 6.45) is 6.66. The smallest absolute Gasteiger partial charge is 0.238 e. The Hall–Kier alpha value is -0.870. The summed E-state index contributed by atoms with van der Waals surface area (Å²) >= 11 is 3.40. The van der Waals surface area contributed by atoms with E-state index in [2.05, 4.69) is 33.5 Å². The monoisotopic (exact) mass is 352 g/mol. The molecule has 1 amide bonds. The molecule has 0 saturated heterocycles. The predicted molar refractivity (Wildman–Crippen MR) is 91.4 cm³/mol. The zero-order valence-electron chi connectivity index (χ0n) is 12.7. The van der Waals surface area contributed by atoms with Crippen molar-refractivity contribution < 1.29 is 4.79 Å². The summed E-state index contributed by atoms with van der Waals surface area (Å²) in [5.74, 6) is 1.74. The minimum atomic E-state index is 0.0186. The van der Waals surface area contributed by atoms with Crippen LogP contribution in [0.3, 0.4) is 0 Å². The van der Waals surface area contributed by atoms with E-state index in [1.54, 1.807) is 0 Å². The van der Waals surface area contributed by atoms with Crippen LogP contribution in [0.2, 0.25) is 0 Å². The summed E-state index contributed by atoms with van der Waals surface area (Å²) in [7, 11) is 0. The molecule has 116 valence electrons. The molecule has 21 heavy (non-hydrogen) atoms. The topological polar surface area (TPSA) is 41.1 Å². The Bertz CT molecular complexity index is 464. The van der Waals surface area contributed by atoms with Gasteiger partial charge in [-0.25, -0.2) is 0 Å². The fraction of sp³-hybridized carbons (Fsp3) is 0.588. The van der Waals surface area contributed by atoms with Crippen molar-refractivity contribution >= 4 is 27.5 Å². The van der Waals surface area contributed by atoms with Gasteiger partial charge in [-0.3, -0.25) is 4.79 Å². The first-order valence-corrected chi connectivity index (χ1v) is 8.69. The highest BCUT2D eigenvalue weighted by Crippen LogP contribution is 2.30. The Balaban J connectivity index is 1.61. The van der Waals surface area contributed by atoms with E-state index in [0.717, 1.165) is 28.5 Å². The number of amides is 1. The third-order valence-electron chi connectivity index (χ3n) is 4.17. The van der Waals surface area contributed by atoms with Crippen LogP contribution in [-0.4, -0.2) is 19.0 Å². The molecule has 1 aliphatic rings. The quantitative estimate of drug-likeness (QED) is 0.753. The van der Waals surface area contributed by atoms with E-state index in [4.69, 9.17) is 0 Å². The van der Waals surface area contributed by atoms with Crippen LogP contribution in [0.25, 0.3) is 0 Å². The average molecular weight is 353 g/mol. The normalized spacial score (nSPS) is 22.0. The molecule has 1 aliphatic carbocycles. The van der Waals surface area contributed by atoms with E-state index in [9.17, 15) is 4.79 Å². The molecular formula is C17H25BrN2O.